The lowest BCUT2D eigenvalue weighted by atomic mass is 10.2. The Morgan fingerprint density at radius 1 is 1.17 bits per heavy atom. The van der Waals surface area contributed by atoms with E-state index in [9.17, 15) is 0 Å². The fourth-order valence-electron chi connectivity index (χ4n) is 2.70. The van der Waals surface area contributed by atoms with Gasteiger partial charge in [0.15, 0.2) is 11.8 Å². The number of aryl methyl sites for hydroxylation is 1. The van der Waals surface area contributed by atoms with Crippen LogP contribution in [-0.2, 0) is 26.6 Å². The van der Waals surface area contributed by atoms with Gasteiger partial charge in [-0.05, 0) is 30.9 Å². The molecule has 3 aromatic rings. The average Bonchev–Trinajstić information content (AvgIpc) is 3.34. The first-order chi connectivity index (χ1) is 13.7. The minimum Gasteiger partial charge on any atom is -0.496 e. The second-order valence-corrected chi connectivity index (χ2v) is 7.34. The zero-order chi connectivity index (χ0) is 19.8. The molecular formula is C20H27IN6OS. The molecule has 2 aromatic heterocycles. The molecule has 3 rings (SSSR count). The number of nitrogens with zero attached hydrogens (tertiary/aromatic N) is 4. The minimum absolute atomic E-state index is 0. The Labute approximate surface area is 192 Å². The van der Waals surface area contributed by atoms with Gasteiger partial charge in [-0.15, -0.1) is 45.5 Å². The quantitative estimate of drug-likeness (QED) is 0.268. The predicted molar refractivity (Wildman–Crippen MR) is 128 cm³/mol. The number of hydrogen-bond donors (Lipinski definition) is 2. The van der Waals surface area contributed by atoms with Gasteiger partial charge in [0.25, 0.3) is 0 Å². The molecule has 0 saturated heterocycles. The third-order valence-corrected chi connectivity index (χ3v) is 5.38. The fourth-order valence-corrected chi connectivity index (χ4v) is 3.41. The van der Waals surface area contributed by atoms with E-state index in [0.29, 0.717) is 13.1 Å². The molecule has 2 heterocycles. The number of methoxy groups -OCH3 is 1. The van der Waals surface area contributed by atoms with Crippen molar-refractivity contribution in [3.05, 3.63) is 63.9 Å². The number of aliphatic imine (C=N–C) groups is 1. The zero-order valence-corrected chi connectivity index (χ0v) is 20.0. The molecule has 0 bridgehead atoms. The molecule has 9 heteroatoms. The van der Waals surface area contributed by atoms with Crippen LogP contribution >= 0.6 is 35.3 Å². The summed E-state index contributed by atoms with van der Waals surface area (Å²) < 4.78 is 7.39. The van der Waals surface area contributed by atoms with E-state index in [2.05, 4.69) is 38.3 Å². The Kier molecular flexibility index (Phi) is 9.39. The summed E-state index contributed by atoms with van der Waals surface area (Å²) >= 11 is 1.77. The molecule has 0 amide bonds. The van der Waals surface area contributed by atoms with Gasteiger partial charge >= 0.3 is 0 Å². The molecule has 0 aliphatic carbocycles. The van der Waals surface area contributed by atoms with E-state index < -0.39 is 0 Å². The first kappa shape index (κ1) is 23.1. The van der Waals surface area contributed by atoms with Crippen molar-refractivity contribution in [2.24, 2.45) is 12.0 Å². The van der Waals surface area contributed by atoms with Crippen molar-refractivity contribution in [2.45, 2.75) is 26.4 Å². The van der Waals surface area contributed by atoms with Crippen LogP contribution < -0.4 is 15.4 Å². The highest BCUT2D eigenvalue weighted by atomic mass is 127. The van der Waals surface area contributed by atoms with Crippen LogP contribution in [0.25, 0.3) is 0 Å². The van der Waals surface area contributed by atoms with Gasteiger partial charge in [-0.25, -0.2) is 4.99 Å². The second kappa shape index (κ2) is 11.8. The molecule has 0 spiro atoms. The maximum Gasteiger partial charge on any atom is 0.191 e. The molecule has 0 radical (unpaired) electrons. The highest BCUT2D eigenvalue weighted by Gasteiger charge is 2.07. The van der Waals surface area contributed by atoms with E-state index in [-0.39, 0.29) is 24.0 Å². The molecule has 0 unspecified atom stereocenters. The SMILES string of the molecule is COc1ccccc1CN=C(NCCc1cccs1)NCc1nnc(C)n1C.I. The molecule has 1 aromatic carbocycles. The maximum absolute atomic E-state index is 5.43. The third-order valence-electron chi connectivity index (χ3n) is 4.44. The Morgan fingerprint density at radius 3 is 2.69 bits per heavy atom. The molecule has 29 heavy (non-hydrogen) atoms. The minimum atomic E-state index is 0. The van der Waals surface area contributed by atoms with E-state index in [1.165, 1.54) is 4.88 Å². The van der Waals surface area contributed by atoms with Crippen molar-refractivity contribution >= 4 is 41.3 Å². The number of hydrogen-bond acceptors (Lipinski definition) is 5. The summed E-state index contributed by atoms with van der Waals surface area (Å²) in [5.41, 5.74) is 1.04. The number of nitrogens with one attached hydrogen (secondary N) is 2. The van der Waals surface area contributed by atoms with Crippen LogP contribution in [0.1, 0.15) is 22.1 Å². The van der Waals surface area contributed by atoms with Crippen LogP contribution in [0, 0.1) is 6.92 Å². The van der Waals surface area contributed by atoms with Gasteiger partial charge in [0, 0.05) is 24.0 Å². The summed E-state index contributed by atoms with van der Waals surface area (Å²) in [6, 6.07) is 12.1. The van der Waals surface area contributed by atoms with Gasteiger partial charge in [-0.1, -0.05) is 24.3 Å². The van der Waals surface area contributed by atoms with E-state index in [0.717, 1.165) is 41.9 Å². The highest BCUT2D eigenvalue weighted by Crippen LogP contribution is 2.17. The molecule has 0 saturated carbocycles. The summed E-state index contributed by atoms with van der Waals surface area (Å²) in [5.74, 6) is 3.33. The Hall–Kier alpha value is -2.14. The molecular weight excluding hydrogens is 499 g/mol. The van der Waals surface area contributed by atoms with E-state index in [1.807, 2.05) is 42.8 Å². The lowest BCUT2D eigenvalue weighted by Crippen LogP contribution is -2.38. The van der Waals surface area contributed by atoms with Gasteiger partial charge in [0.05, 0.1) is 20.2 Å². The number of halogens is 1. The van der Waals surface area contributed by atoms with Crippen molar-refractivity contribution in [3.63, 3.8) is 0 Å². The summed E-state index contributed by atoms with van der Waals surface area (Å²) in [5, 5.41) is 17.2. The fraction of sp³-hybridized carbons (Fsp3) is 0.350. The van der Waals surface area contributed by atoms with Gasteiger partial charge in [0.1, 0.15) is 11.6 Å². The second-order valence-electron chi connectivity index (χ2n) is 6.31. The summed E-state index contributed by atoms with van der Waals surface area (Å²) in [7, 11) is 3.64. The number of aromatic nitrogens is 3. The zero-order valence-electron chi connectivity index (χ0n) is 16.9. The third kappa shape index (κ3) is 6.70. The van der Waals surface area contributed by atoms with Crippen molar-refractivity contribution in [2.75, 3.05) is 13.7 Å². The molecule has 7 nitrogen and oxygen atoms in total. The first-order valence-electron chi connectivity index (χ1n) is 9.18. The lowest BCUT2D eigenvalue weighted by Gasteiger charge is -2.13. The topological polar surface area (TPSA) is 76.4 Å². The van der Waals surface area contributed by atoms with E-state index >= 15 is 0 Å². The standard InChI is InChI=1S/C20H26N6OS.HI/c1-15-24-25-19(26(15)2)14-23-20(21-11-10-17-8-6-12-28-17)22-13-16-7-4-5-9-18(16)27-3;/h4-9,12H,10-11,13-14H2,1-3H3,(H2,21,22,23);1H. The van der Waals surface area contributed by atoms with Crippen LogP contribution in [0.3, 0.4) is 0 Å². The van der Waals surface area contributed by atoms with Crippen LogP contribution in [0.2, 0.25) is 0 Å². The number of ether oxygens (including phenoxy) is 1. The average molecular weight is 526 g/mol. The summed E-state index contributed by atoms with van der Waals surface area (Å²) in [4.78, 5) is 6.08. The van der Waals surface area contributed by atoms with E-state index in [4.69, 9.17) is 9.73 Å². The van der Waals surface area contributed by atoms with Crippen molar-refractivity contribution in [1.82, 2.24) is 25.4 Å². The van der Waals surface area contributed by atoms with Crippen LogP contribution in [0.5, 0.6) is 5.75 Å². The largest absolute Gasteiger partial charge is 0.496 e. The Balaban J connectivity index is 0.00000300. The summed E-state index contributed by atoms with van der Waals surface area (Å²) in [6.45, 7) is 3.81. The van der Waals surface area contributed by atoms with Gasteiger partial charge < -0.3 is 19.9 Å². The maximum atomic E-state index is 5.43. The molecule has 0 fully saturated rings. The molecule has 0 aliphatic rings. The number of guanidine groups is 1. The first-order valence-corrected chi connectivity index (χ1v) is 10.1. The van der Waals surface area contributed by atoms with Gasteiger partial charge in [-0.2, -0.15) is 0 Å². The Morgan fingerprint density at radius 2 is 2.00 bits per heavy atom. The predicted octanol–water partition coefficient (Wildman–Crippen LogP) is 3.29. The number of para-hydroxylation sites is 1. The van der Waals surface area contributed by atoms with Crippen LogP contribution in [-0.4, -0.2) is 34.4 Å². The number of benzene rings is 1. The number of thiophene rings is 1. The van der Waals surface area contributed by atoms with Crippen molar-refractivity contribution in [1.29, 1.82) is 0 Å². The van der Waals surface area contributed by atoms with Gasteiger partial charge in [-0.3, -0.25) is 0 Å². The molecule has 2 N–H and O–H groups in total. The number of rotatable bonds is 8. The highest BCUT2D eigenvalue weighted by molar-refractivity contribution is 14.0. The molecule has 156 valence electrons. The summed E-state index contributed by atoms with van der Waals surface area (Å²) in [6.07, 6.45) is 0.954. The molecule has 0 atom stereocenters. The van der Waals surface area contributed by atoms with Crippen LogP contribution in [0.15, 0.2) is 46.8 Å². The van der Waals surface area contributed by atoms with Gasteiger partial charge in [0.2, 0.25) is 0 Å². The van der Waals surface area contributed by atoms with Crippen LogP contribution in [0.4, 0.5) is 0 Å². The smallest absolute Gasteiger partial charge is 0.191 e. The van der Waals surface area contributed by atoms with E-state index in [1.54, 1.807) is 18.4 Å². The monoisotopic (exact) mass is 526 g/mol. The lowest BCUT2D eigenvalue weighted by molar-refractivity contribution is 0.410. The van der Waals surface area contributed by atoms with Crippen molar-refractivity contribution in [3.8, 4) is 5.75 Å². The van der Waals surface area contributed by atoms with Crippen molar-refractivity contribution < 1.29 is 4.74 Å². The normalized spacial score (nSPS) is 11.1. The Bertz CT molecular complexity index is 910. The molecule has 0 aliphatic heterocycles.